The van der Waals surface area contributed by atoms with Crippen molar-refractivity contribution in [2.24, 2.45) is 0 Å². The van der Waals surface area contributed by atoms with Crippen LogP contribution in [-0.4, -0.2) is 17.3 Å². The molecule has 0 aliphatic heterocycles. The van der Waals surface area contributed by atoms with Gasteiger partial charge in [-0.05, 0) is 62.2 Å². The molecular formula is C23H23N3OS. The van der Waals surface area contributed by atoms with Crippen LogP contribution in [0, 0.1) is 13.8 Å². The number of aryl methyl sites for hydroxylation is 2. The Morgan fingerprint density at radius 2 is 1.79 bits per heavy atom. The molecule has 4 nitrogen and oxygen atoms in total. The fourth-order valence-corrected chi connectivity index (χ4v) is 4.46. The summed E-state index contributed by atoms with van der Waals surface area (Å²) >= 11 is 1.81. The monoisotopic (exact) mass is 389 g/mol. The number of ether oxygens (including phenoxy) is 1. The molecule has 0 aliphatic carbocycles. The van der Waals surface area contributed by atoms with Gasteiger partial charge >= 0.3 is 0 Å². The third-order valence-electron chi connectivity index (χ3n) is 4.99. The molecule has 142 valence electrons. The quantitative estimate of drug-likeness (QED) is 0.444. The summed E-state index contributed by atoms with van der Waals surface area (Å²) in [4.78, 5) is 2.54. The minimum Gasteiger partial charge on any atom is -0.497 e. The SMILES string of the molecule is COc1ccc2c(C)nnc(N[C@H](C)c3ccc(-c4ccccc4C)s3)c2c1. The lowest BCUT2D eigenvalue weighted by Gasteiger charge is -2.15. The lowest BCUT2D eigenvalue weighted by atomic mass is 10.1. The topological polar surface area (TPSA) is 47.0 Å². The minimum atomic E-state index is 0.120. The van der Waals surface area contributed by atoms with Crippen LogP contribution in [0.2, 0.25) is 0 Å². The molecule has 0 radical (unpaired) electrons. The zero-order valence-electron chi connectivity index (χ0n) is 16.5. The number of nitrogens with zero attached hydrogens (tertiary/aromatic N) is 2. The maximum absolute atomic E-state index is 5.40. The maximum Gasteiger partial charge on any atom is 0.157 e. The van der Waals surface area contributed by atoms with E-state index < -0.39 is 0 Å². The van der Waals surface area contributed by atoms with Crippen molar-refractivity contribution >= 4 is 27.9 Å². The van der Waals surface area contributed by atoms with Gasteiger partial charge < -0.3 is 10.1 Å². The molecule has 4 aromatic rings. The second kappa shape index (κ2) is 7.60. The van der Waals surface area contributed by atoms with E-state index in [-0.39, 0.29) is 6.04 Å². The Kier molecular flexibility index (Phi) is 5.01. The third kappa shape index (κ3) is 3.45. The second-order valence-corrected chi connectivity index (χ2v) is 8.04. The molecule has 1 atom stereocenters. The van der Waals surface area contributed by atoms with E-state index in [9.17, 15) is 0 Å². The van der Waals surface area contributed by atoms with E-state index in [1.807, 2.05) is 36.5 Å². The molecule has 5 heteroatoms. The van der Waals surface area contributed by atoms with Crippen LogP contribution >= 0.6 is 11.3 Å². The summed E-state index contributed by atoms with van der Waals surface area (Å²) in [6, 6.07) is 19.0. The van der Waals surface area contributed by atoms with E-state index in [2.05, 4.69) is 65.8 Å². The predicted molar refractivity (Wildman–Crippen MR) is 117 cm³/mol. The number of benzene rings is 2. The van der Waals surface area contributed by atoms with Gasteiger partial charge in [-0.15, -0.1) is 16.4 Å². The average Bonchev–Trinajstić information content (AvgIpc) is 3.20. The number of aromatic nitrogens is 2. The highest BCUT2D eigenvalue weighted by Crippen LogP contribution is 2.35. The molecule has 0 saturated carbocycles. The molecule has 0 aliphatic rings. The van der Waals surface area contributed by atoms with Gasteiger partial charge in [0.1, 0.15) is 5.75 Å². The molecule has 1 N–H and O–H groups in total. The lowest BCUT2D eigenvalue weighted by molar-refractivity contribution is 0.415. The molecule has 28 heavy (non-hydrogen) atoms. The predicted octanol–water partition coefficient (Wildman–Crippen LogP) is 6.16. The summed E-state index contributed by atoms with van der Waals surface area (Å²) in [5.74, 6) is 1.59. The standard InChI is InChI=1S/C23H23N3OS/c1-14-7-5-6-8-18(14)22-12-11-21(28-22)16(3)24-23-20-13-17(27-4)9-10-19(20)15(2)25-26-23/h5-13,16H,1-4H3,(H,24,26)/t16-/m1/s1. The van der Waals surface area contributed by atoms with Gasteiger partial charge in [-0.2, -0.15) is 5.10 Å². The van der Waals surface area contributed by atoms with E-state index >= 15 is 0 Å². The van der Waals surface area contributed by atoms with Crippen molar-refractivity contribution in [3.63, 3.8) is 0 Å². The Bertz CT molecular complexity index is 1140. The van der Waals surface area contributed by atoms with Crippen molar-refractivity contribution in [3.05, 3.63) is 70.7 Å². The third-order valence-corrected chi connectivity index (χ3v) is 6.29. The van der Waals surface area contributed by atoms with Crippen LogP contribution in [0.4, 0.5) is 5.82 Å². The molecule has 2 heterocycles. The maximum atomic E-state index is 5.40. The number of rotatable bonds is 5. The van der Waals surface area contributed by atoms with E-state index in [1.54, 1.807) is 7.11 Å². The summed E-state index contributed by atoms with van der Waals surface area (Å²) in [5.41, 5.74) is 3.49. The zero-order chi connectivity index (χ0) is 19.7. The summed E-state index contributed by atoms with van der Waals surface area (Å²) in [7, 11) is 1.68. The first-order valence-electron chi connectivity index (χ1n) is 9.30. The molecule has 0 fully saturated rings. The van der Waals surface area contributed by atoms with Crippen LogP contribution in [0.3, 0.4) is 0 Å². The number of methoxy groups -OCH3 is 1. The largest absolute Gasteiger partial charge is 0.497 e. The van der Waals surface area contributed by atoms with Gasteiger partial charge in [0.15, 0.2) is 5.82 Å². The van der Waals surface area contributed by atoms with E-state index in [0.29, 0.717) is 0 Å². The molecule has 0 spiro atoms. The lowest BCUT2D eigenvalue weighted by Crippen LogP contribution is -2.08. The van der Waals surface area contributed by atoms with E-state index in [1.165, 1.54) is 20.9 Å². The first-order valence-corrected chi connectivity index (χ1v) is 10.1. The Morgan fingerprint density at radius 1 is 0.964 bits per heavy atom. The van der Waals surface area contributed by atoms with Crippen molar-refractivity contribution in [2.45, 2.75) is 26.8 Å². The molecule has 2 aromatic heterocycles. The number of nitrogens with one attached hydrogen (secondary N) is 1. The molecule has 0 amide bonds. The van der Waals surface area contributed by atoms with Crippen molar-refractivity contribution in [1.29, 1.82) is 0 Å². The highest BCUT2D eigenvalue weighted by atomic mass is 32.1. The molecule has 2 aromatic carbocycles. The van der Waals surface area contributed by atoms with Crippen molar-refractivity contribution < 1.29 is 4.74 Å². The molecule has 0 saturated heterocycles. The van der Waals surface area contributed by atoms with Crippen molar-refractivity contribution in [3.8, 4) is 16.2 Å². The summed E-state index contributed by atoms with van der Waals surface area (Å²) < 4.78 is 5.40. The Labute approximate surface area is 169 Å². The minimum absolute atomic E-state index is 0.120. The number of hydrogen-bond donors (Lipinski definition) is 1. The van der Waals surface area contributed by atoms with E-state index in [4.69, 9.17) is 4.74 Å². The normalized spacial score (nSPS) is 12.1. The van der Waals surface area contributed by atoms with Gasteiger partial charge in [-0.25, -0.2) is 0 Å². The molecular weight excluding hydrogens is 366 g/mol. The van der Waals surface area contributed by atoms with Gasteiger partial charge in [-0.1, -0.05) is 24.3 Å². The number of fused-ring (bicyclic) bond motifs is 1. The van der Waals surface area contributed by atoms with Gasteiger partial charge in [0.2, 0.25) is 0 Å². The van der Waals surface area contributed by atoms with Gasteiger partial charge in [-0.3, -0.25) is 0 Å². The van der Waals surface area contributed by atoms with Gasteiger partial charge in [0, 0.05) is 20.5 Å². The smallest absolute Gasteiger partial charge is 0.157 e. The van der Waals surface area contributed by atoms with Crippen molar-refractivity contribution in [1.82, 2.24) is 10.2 Å². The van der Waals surface area contributed by atoms with Crippen LogP contribution in [0.5, 0.6) is 5.75 Å². The Morgan fingerprint density at radius 3 is 2.57 bits per heavy atom. The highest BCUT2D eigenvalue weighted by molar-refractivity contribution is 7.15. The first kappa shape index (κ1) is 18.4. The first-order chi connectivity index (χ1) is 13.6. The second-order valence-electron chi connectivity index (χ2n) is 6.93. The highest BCUT2D eigenvalue weighted by Gasteiger charge is 2.14. The summed E-state index contributed by atoms with van der Waals surface area (Å²) in [5, 5.41) is 14.4. The fourth-order valence-electron chi connectivity index (χ4n) is 3.36. The molecule has 0 unspecified atom stereocenters. The Hall–Kier alpha value is -2.92. The molecule has 4 rings (SSSR count). The summed E-state index contributed by atoms with van der Waals surface area (Å²) in [6.45, 7) is 6.28. The Balaban J connectivity index is 1.65. The zero-order valence-corrected chi connectivity index (χ0v) is 17.3. The summed E-state index contributed by atoms with van der Waals surface area (Å²) in [6.07, 6.45) is 0. The van der Waals surface area contributed by atoms with Crippen LogP contribution in [-0.2, 0) is 0 Å². The van der Waals surface area contributed by atoms with Crippen LogP contribution in [0.1, 0.15) is 29.1 Å². The van der Waals surface area contributed by atoms with E-state index in [0.717, 1.165) is 28.0 Å². The van der Waals surface area contributed by atoms with Crippen LogP contribution in [0.15, 0.2) is 54.6 Å². The number of hydrogen-bond acceptors (Lipinski definition) is 5. The van der Waals surface area contributed by atoms with Crippen molar-refractivity contribution in [2.75, 3.05) is 12.4 Å². The van der Waals surface area contributed by atoms with Gasteiger partial charge in [0.25, 0.3) is 0 Å². The number of anilines is 1. The molecule has 0 bridgehead atoms. The van der Waals surface area contributed by atoms with Crippen LogP contribution in [0.25, 0.3) is 21.2 Å². The fraction of sp³-hybridized carbons (Fsp3) is 0.217. The average molecular weight is 390 g/mol. The van der Waals surface area contributed by atoms with Crippen LogP contribution < -0.4 is 10.1 Å². The van der Waals surface area contributed by atoms with Gasteiger partial charge in [0.05, 0.1) is 18.8 Å². The number of thiophene rings is 1.